The summed E-state index contributed by atoms with van der Waals surface area (Å²) in [5.74, 6) is -0.335. The summed E-state index contributed by atoms with van der Waals surface area (Å²) >= 11 is 0. The molecule has 1 aliphatic rings. The molecule has 21 heavy (non-hydrogen) atoms. The minimum absolute atomic E-state index is 0.159. The second-order valence-electron chi connectivity index (χ2n) is 5.80. The molecule has 3 heteroatoms. The minimum atomic E-state index is -1.13. The Morgan fingerprint density at radius 2 is 2.05 bits per heavy atom. The van der Waals surface area contributed by atoms with Gasteiger partial charge in [0.2, 0.25) is 0 Å². The zero-order valence-electron chi connectivity index (χ0n) is 12.1. The molecule has 3 rings (SSSR count). The molecule has 0 aromatic heterocycles. The molecule has 0 saturated heterocycles. The Labute approximate surface area is 124 Å². The van der Waals surface area contributed by atoms with E-state index in [1.807, 2.05) is 18.2 Å². The third kappa shape index (κ3) is 2.99. The molecule has 2 aromatic carbocycles. The summed E-state index contributed by atoms with van der Waals surface area (Å²) in [5.41, 5.74) is 1.84. The highest BCUT2D eigenvalue weighted by atomic mass is 19.1. The Morgan fingerprint density at radius 3 is 2.86 bits per heavy atom. The number of ether oxygens (including phenoxy) is 1. The molecule has 1 heterocycles. The summed E-state index contributed by atoms with van der Waals surface area (Å²) in [6.45, 7) is 2.36. The van der Waals surface area contributed by atoms with Crippen LogP contribution in [0.5, 0.6) is 0 Å². The summed E-state index contributed by atoms with van der Waals surface area (Å²) in [6, 6.07) is 14.3. The van der Waals surface area contributed by atoms with Crippen molar-refractivity contribution >= 4 is 0 Å². The number of benzene rings is 2. The van der Waals surface area contributed by atoms with Crippen LogP contribution in [0.3, 0.4) is 0 Å². The van der Waals surface area contributed by atoms with E-state index in [-0.39, 0.29) is 11.9 Å². The highest BCUT2D eigenvalue weighted by molar-refractivity contribution is 5.32. The van der Waals surface area contributed by atoms with Crippen LogP contribution >= 0.6 is 0 Å². The molecule has 0 radical (unpaired) electrons. The minimum Gasteiger partial charge on any atom is -0.385 e. The Hall–Kier alpha value is -1.71. The molecule has 0 bridgehead atoms. The van der Waals surface area contributed by atoms with E-state index in [1.54, 1.807) is 19.1 Å². The molecule has 1 N–H and O–H groups in total. The van der Waals surface area contributed by atoms with E-state index in [1.165, 1.54) is 17.7 Å². The molecule has 2 unspecified atom stereocenters. The Kier molecular flexibility index (Phi) is 3.79. The van der Waals surface area contributed by atoms with E-state index in [4.69, 9.17) is 4.74 Å². The van der Waals surface area contributed by atoms with Crippen LogP contribution in [0.1, 0.15) is 36.1 Å². The smallest absolute Gasteiger partial charge is 0.123 e. The van der Waals surface area contributed by atoms with E-state index in [0.717, 1.165) is 12.0 Å². The predicted molar refractivity (Wildman–Crippen MR) is 79.4 cm³/mol. The molecule has 110 valence electrons. The van der Waals surface area contributed by atoms with Gasteiger partial charge in [-0.25, -0.2) is 4.39 Å². The Balaban J connectivity index is 1.86. The van der Waals surface area contributed by atoms with Gasteiger partial charge in [-0.05, 0) is 42.2 Å². The zero-order valence-corrected chi connectivity index (χ0v) is 12.1. The molecule has 0 fully saturated rings. The van der Waals surface area contributed by atoms with Gasteiger partial charge in [0.1, 0.15) is 5.82 Å². The number of rotatable bonds is 3. The average Bonchev–Trinajstić information content (AvgIpc) is 2.47. The standard InChI is InChI=1S/C18H19FO2/c1-18(20,14-6-4-7-15(19)11-14)12-17-16-8-3-2-5-13(16)9-10-21-17/h2-8,11,17,20H,9-10,12H2,1H3. The molecular formula is C18H19FO2. The van der Waals surface area contributed by atoms with Crippen LogP contribution in [0.15, 0.2) is 48.5 Å². The summed E-state index contributed by atoms with van der Waals surface area (Å²) in [5, 5.41) is 10.7. The second kappa shape index (κ2) is 5.58. The van der Waals surface area contributed by atoms with Crippen LogP contribution in [-0.4, -0.2) is 11.7 Å². The van der Waals surface area contributed by atoms with Gasteiger partial charge in [0, 0.05) is 6.42 Å². The van der Waals surface area contributed by atoms with E-state index >= 15 is 0 Å². The molecule has 1 aliphatic heterocycles. The van der Waals surface area contributed by atoms with Crippen LogP contribution in [0.25, 0.3) is 0 Å². The van der Waals surface area contributed by atoms with Crippen molar-refractivity contribution in [3.8, 4) is 0 Å². The fourth-order valence-electron chi connectivity index (χ4n) is 2.95. The van der Waals surface area contributed by atoms with E-state index in [0.29, 0.717) is 18.6 Å². The highest BCUT2D eigenvalue weighted by Gasteiger charge is 2.31. The molecule has 2 atom stereocenters. The van der Waals surface area contributed by atoms with Gasteiger partial charge in [0.05, 0.1) is 18.3 Å². The second-order valence-corrected chi connectivity index (χ2v) is 5.80. The number of fused-ring (bicyclic) bond motifs is 1. The van der Waals surface area contributed by atoms with Crippen LogP contribution in [0.2, 0.25) is 0 Å². The van der Waals surface area contributed by atoms with Crippen LogP contribution in [0.4, 0.5) is 4.39 Å². The van der Waals surface area contributed by atoms with Gasteiger partial charge in [0.15, 0.2) is 0 Å². The first-order valence-corrected chi connectivity index (χ1v) is 7.24. The highest BCUT2D eigenvalue weighted by Crippen LogP contribution is 2.37. The Morgan fingerprint density at radius 1 is 1.24 bits per heavy atom. The third-order valence-corrected chi connectivity index (χ3v) is 4.12. The normalized spacial score (nSPS) is 20.6. The third-order valence-electron chi connectivity index (χ3n) is 4.12. The summed E-state index contributed by atoms with van der Waals surface area (Å²) < 4.78 is 19.2. The molecule has 0 aliphatic carbocycles. The van der Waals surface area contributed by atoms with Crippen molar-refractivity contribution in [1.29, 1.82) is 0 Å². The first kappa shape index (κ1) is 14.2. The SMILES string of the molecule is CC(O)(CC1OCCc2ccccc21)c1cccc(F)c1. The van der Waals surface area contributed by atoms with Gasteiger partial charge in [-0.3, -0.25) is 0 Å². The van der Waals surface area contributed by atoms with Gasteiger partial charge >= 0.3 is 0 Å². The predicted octanol–water partition coefficient (Wildman–Crippen LogP) is 3.74. The van der Waals surface area contributed by atoms with Gasteiger partial charge in [-0.1, -0.05) is 36.4 Å². The van der Waals surface area contributed by atoms with Crippen molar-refractivity contribution in [2.75, 3.05) is 6.61 Å². The van der Waals surface area contributed by atoms with Crippen molar-refractivity contribution in [2.24, 2.45) is 0 Å². The van der Waals surface area contributed by atoms with Crippen molar-refractivity contribution in [3.63, 3.8) is 0 Å². The van der Waals surface area contributed by atoms with Crippen molar-refractivity contribution in [3.05, 3.63) is 71.0 Å². The first-order valence-electron chi connectivity index (χ1n) is 7.24. The summed E-state index contributed by atoms with van der Waals surface area (Å²) in [6.07, 6.45) is 1.15. The largest absolute Gasteiger partial charge is 0.385 e. The molecule has 0 spiro atoms. The molecule has 2 nitrogen and oxygen atoms in total. The molecule has 2 aromatic rings. The maximum atomic E-state index is 13.4. The molecular weight excluding hydrogens is 267 g/mol. The maximum Gasteiger partial charge on any atom is 0.123 e. The van der Waals surface area contributed by atoms with E-state index < -0.39 is 5.60 Å². The quantitative estimate of drug-likeness (QED) is 0.931. The van der Waals surface area contributed by atoms with E-state index in [9.17, 15) is 9.50 Å². The van der Waals surface area contributed by atoms with Crippen molar-refractivity contribution < 1.29 is 14.2 Å². The van der Waals surface area contributed by atoms with Crippen LogP contribution < -0.4 is 0 Å². The number of aliphatic hydroxyl groups is 1. The maximum absolute atomic E-state index is 13.4. The molecule has 0 saturated carbocycles. The lowest BCUT2D eigenvalue weighted by Gasteiger charge is -2.32. The lowest BCUT2D eigenvalue weighted by atomic mass is 9.85. The summed E-state index contributed by atoms with van der Waals surface area (Å²) in [7, 11) is 0. The van der Waals surface area contributed by atoms with Gasteiger partial charge < -0.3 is 9.84 Å². The number of hydrogen-bond acceptors (Lipinski definition) is 2. The lowest BCUT2D eigenvalue weighted by molar-refractivity contribution is -0.0400. The first-order chi connectivity index (χ1) is 10.1. The summed E-state index contributed by atoms with van der Waals surface area (Å²) in [4.78, 5) is 0. The number of hydrogen-bond donors (Lipinski definition) is 1. The zero-order chi connectivity index (χ0) is 14.9. The number of halogens is 1. The average molecular weight is 286 g/mol. The Bertz CT molecular complexity index is 637. The topological polar surface area (TPSA) is 29.5 Å². The van der Waals surface area contributed by atoms with Crippen LogP contribution in [0, 0.1) is 5.82 Å². The van der Waals surface area contributed by atoms with Gasteiger partial charge in [0.25, 0.3) is 0 Å². The monoisotopic (exact) mass is 286 g/mol. The van der Waals surface area contributed by atoms with Crippen molar-refractivity contribution in [1.82, 2.24) is 0 Å². The van der Waals surface area contributed by atoms with Crippen LogP contribution in [-0.2, 0) is 16.8 Å². The fourth-order valence-corrected chi connectivity index (χ4v) is 2.95. The lowest BCUT2D eigenvalue weighted by Crippen LogP contribution is -2.28. The fraction of sp³-hybridized carbons (Fsp3) is 0.333. The van der Waals surface area contributed by atoms with Crippen molar-refractivity contribution in [2.45, 2.75) is 31.5 Å². The van der Waals surface area contributed by atoms with E-state index in [2.05, 4.69) is 6.07 Å². The molecule has 0 amide bonds. The van der Waals surface area contributed by atoms with Gasteiger partial charge in [-0.2, -0.15) is 0 Å². The van der Waals surface area contributed by atoms with Gasteiger partial charge in [-0.15, -0.1) is 0 Å².